The fourth-order valence-electron chi connectivity index (χ4n) is 1.86. The van der Waals surface area contributed by atoms with Crippen LogP contribution in [0, 0.1) is 6.92 Å². The highest BCUT2D eigenvalue weighted by molar-refractivity contribution is 7.17. The Hall–Kier alpha value is -2.18. The monoisotopic (exact) mass is 364 g/mol. The molecule has 5 nitrogen and oxygen atoms in total. The van der Waals surface area contributed by atoms with E-state index in [9.17, 15) is 9.59 Å². The summed E-state index contributed by atoms with van der Waals surface area (Å²) in [6.45, 7) is 3.75. The molecule has 0 N–H and O–H groups in total. The fraction of sp³-hybridized carbons (Fsp3) is 0.235. The summed E-state index contributed by atoms with van der Waals surface area (Å²) in [6.07, 6.45) is 3.14. The predicted molar refractivity (Wildman–Crippen MR) is 96.7 cm³/mol. The van der Waals surface area contributed by atoms with E-state index in [0.29, 0.717) is 27.3 Å². The van der Waals surface area contributed by atoms with E-state index >= 15 is 0 Å². The number of amides is 1. The minimum atomic E-state index is -0.420. The number of thiazole rings is 1. The number of aryl methyl sites for hydroxylation is 1. The van der Waals surface area contributed by atoms with E-state index in [1.807, 2.05) is 12.1 Å². The molecule has 0 aliphatic rings. The van der Waals surface area contributed by atoms with Gasteiger partial charge in [0.05, 0.1) is 12.3 Å². The summed E-state index contributed by atoms with van der Waals surface area (Å²) in [4.78, 5) is 30.2. The number of likely N-dealkylation sites (N-methyl/N-ethyl adjacent to an activating group) is 1. The van der Waals surface area contributed by atoms with E-state index < -0.39 is 5.97 Å². The molecular formula is C17H17ClN2O3S. The van der Waals surface area contributed by atoms with Gasteiger partial charge in [0.2, 0.25) is 0 Å². The molecule has 0 spiro atoms. The van der Waals surface area contributed by atoms with Gasteiger partial charge >= 0.3 is 5.97 Å². The van der Waals surface area contributed by atoms with Gasteiger partial charge in [-0.05, 0) is 37.6 Å². The van der Waals surface area contributed by atoms with Gasteiger partial charge in [-0.25, -0.2) is 9.78 Å². The lowest BCUT2D eigenvalue weighted by Crippen LogP contribution is -2.23. The Morgan fingerprint density at radius 3 is 2.62 bits per heavy atom. The van der Waals surface area contributed by atoms with Crippen molar-refractivity contribution in [2.45, 2.75) is 13.8 Å². The van der Waals surface area contributed by atoms with Crippen LogP contribution in [0.1, 0.15) is 27.9 Å². The first-order valence-corrected chi connectivity index (χ1v) is 8.47. The van der Waals surface area contributed by atoms with Gasteiger partial charge in [-0.15, -0.1) is 0 Å². The van der Waals surface area contributed by atoms with Crippen LogP contribution in [0.5, 0.6) is 0 Å². The Morgan fingerprint density at radius 2 is 2.00 bits per heavy atom. The maximum Gasteiger partial charge on any atom is 0.350 e. The quantitative estimate of drug-likeness (QED) is 0.595. The van der Waals surface area contributed by atoms with E-state index in [1.165, 1.54) is 11.0 Å². The Labute approximate surface area is 149 Å². The molecule has 0 atom stereocenters. The number of aromatic nitrogens is 1. The van der Waals surface area contributed by atoms with E-state index in [-0.39, 0.29) is 5.91 Å². The van der Waals surface area contributed by atoms with Crippen molar-refractivity contribution in [3.8, 4) is 0 Å². The number of benzene rings is 1. The summed E-state index contributed by atoms with van der Waals surface area (Å²) in [6, 6.07) is 7.15. The molecule has 1 amide bonds. The molecular weight excluding hydrogens is 348 g/mol. The molecule has 1 aromatic heterocycles. The van der Waals surface area contributed by atoms with Gasteiger partial charge in [-0.3, -0.25) is 9.69 Å². The van der Waals surface area contributed by atoms with Crippen LogP contribution in [0.3, 0.4) is 0 Å². The summed E-state index contributed by atoms with van der Waals surface area (Å²) in [7, 11) is 1.61. The number of hydrogen-bond donors (Lipinski definition) is 0. The molecule has 0 aliphatic carbocycles. The minimum absolute atomic E-state index is 0.242. The highest BCUT2D eigenvalue weighted by Gasteiger charge is 2.20. The molecule has 0 bridgehead atoms. The molecule has 0 unspecified atom stereocenters. The molecule has 0 aliphatic heterocycles. The average Bonchev–Trinajstić information content (AvgIpc) is 2.95. The molecule has 24 heavy (non-hydrogen) atoms. The van der Waals surface area contributed by atoms with Crippen LogP contribution in [0.25, 0.3) is 6.08 Å². The first kappa shape index (κ1) is 18.2. The van der Waals surface area contributed by atoms with Crippen LogP contribution in [0.4, 0.5) is 5.13 Å². The molecule has 1 heterocycles. The molecule has 2 rings (SSSR count). The zero-order chi connectivity index (χ0) is 17.7. The lowest BCUT2D eigenvalue weighted by molar-refractivity contribution is -0.113. The summed E-state index contributed by atoms with van der Waals surface area (Å²) in [5, 5.41) is 1.08. The van der Waals surface area contributed by atoms with E-state index in [1.54, 1.807) is 39.1 Å². The molecule has 0 saturated carbocycles. The Kier molecular flexibility index (Phi) is 6.11. The molecule has 0 fully saturated rings. The largest absolute Gasteiger partial charge is 0.462 e. The van der Waals surface area contributed by atoms with Crippen molar-refractivity contribution in [2.24, 2.45) is 0 Å². The number of nitrogens with zero attached hydrogens (tertiary/aromatic N) is 2. The Morgan fingerprint density at radius 1 is 1.33 bits per heavy atom. The van der Waals surface area contributed by atoms with Crippen LogP contribution >= 0.6 is 22.9 Å². The lowest BCUT2D eigenvalue weighted by atomic mass is 10.2. The van der Waals surface area contributed by atoms with Crippen molar-refractivity contribution < 1.29 is 14.3 Å². The number of hydrogen-bond acceptors (Lipinski definition) is 5. The predicted octanol–water partition coefficient (Wildman–Crippen LogP) is 3.96. The van der Waals surface area contributed by atoms with Crippen molar-refractivity contribution in [1.82, 2.24) is 4.98 Å². The number of halogens is 1. The SMILES string of the molecule is CCOC(=O)c1sc(N(C)C(=O)/C=C/c2ccc(Cl)cc2)nc1C. The third-order valence-electron chi connectivity index (χ3n) is 3.15. The van der Waals surface area contributed by atoms with Crippen molar-refractivity contribution in [1.29, 1.82) is 0 Å². The van der Waals surface area contributed by atoms with Gasteiger partial charge in [0, 0.05) is 18.1 Å². The Balaban J connectivity index is 2.11. The van der Waals surface area contributed by atoms with Gasteiger partial charge in [0.15, 0.2) is 5.13 Å². The van der Waals surface area contributed by atoms with Crippen molar-refractivity contribution in [3.63, 3.8) is 0 Å². The van der Waals surface area contributed by atoms with Gasteiger partial charge in [-0.1, -0.05) is 35.1 Å². The Bertz CT molecular complexity index is 769. The first-order valence-electron chi connectivity index (χ1n) is 7.28. The summed E-state index contributed by atoms with van der Waals surface area (Å²) in [5.74, 6) is -0.662. The average molecular weight is 365 g/mol. The topological polar surface area (TPSA) is 59.5 Å². The molecule has 2 aromatic rings. The molecule has 7 heteroatoms. The normalized spacial score (nSPS) is 10.8. The number of esters is 1. The highest BCUT2D eigenvalue weighted by Crippen LogP contribution is 2.26. The summed E-state index contributed by atoms with van der Waals surface area (Å²) in [5.41, 5.74) is 1.42. The second-order valence-corrected chi connectivity index (χ2v) is 6.33. The molecule has 126 valence electrons. The fourth-order valence-corrected chi connectivity index (χ4v) is 2.91. The van der Waals surface area contributed by atoms with Crippen LogP contribution in [-0.4, -0.2) is 30.5 Å². The molecule has 0 saturated heterocycles. The third-order valence-corrected chi connectivity index (χ3v) is 4.62. The molecule has 1 aromatic carbocycles. The second-order valence-electron chi connectivity index (χ2n) is 4.91. The van der Waals surface area contributed by atoms with Gasteiger partial charge < -0.3 is 4.74 Å². The van der Waals surface area contributed by atoms with Gasteiger partial charge in [0.1, 0.15) is 4.88 Å². The van der Waals surface area contributed by atoms with E-state index in [2.05, 4.69) is 4.98 Å². The van der Waals surface area contributed by atoms with Crippen molar-refractivity contribution in [2.75, 3.05) is 18.6 Å². The van der Waals surface area contributed by atoms with Crippen LogP contribution in [-0.2, 0) is 9.53 Å². The minimum Gasteiger partial charge on any atom is -0.462 e. The number of ether oxygens (including phenoxy) is 1. The first-order chi connectivity index (χ1) is 11.4. The number of anilines is 1. The number of rotatable bonds is 5. The van der Waals surface area contributed by atoms with Crippen LogP contribution < -0.4 is 4.90 Å². The lowest BCUT2D eigenvalue weighted by Gasteiger charge is -2.10. The van der Waals surface area contributed by atoms with Crippen molar-refractivity contribution >= 4 is 46.0 Å². The van der Waals surface area contributed by atoms with Gasteiger partial charge in [-0.2, -0.15) is 0 Å². The number of carbonyl (C=O) groups is 2. The third kappa shape index (κ3) is 4.43. The zero-order valence-corrected chi connectivity index (χ0v) is 15.1. The molecule has 0 radical (unpaired) electrons. The van der Waals surface area contributed by atoms with Crippen LogP contribution in [0.2, 0.25) is 5.02 Å². The van der Waals surface area contributed by atoms with Crippen LogP contribution in [0.15, 0.2) is 30.3 Å². The van der Waals surface area contributed by atoms with Gasteiger partial charge in [0.25, 0.3) is 5.91 Å². The standard InChI is InChI=1S/C17H17ClN2O3S/c1-4-23-16(22)15-11(2)19-17(24-15)20(3)14(21)10-7-12-5-8-13(18)9-6-12/h5-10H,4H2,1-3H3/b10-7+. The number of carbonyl (C=O) groups excluding carboxylic acids is 2. The second kappa shape index (κ2) is 8.08. The smallest absolute Gasteiger partial charge is 0.350 e. The van der Waals surface area contributed by atoms with E-state index in [0.717, 1.165) is 16.9 Å². The maximum atomic E-state index is 12.3. The summed E-state index contributed by atoms with van der Waals surface area (Å²) >= 11 is 6.96. The van der Waals surface area contributed by atoms with E-state index in [4.69, 9.17) is 16.3 Å². The van der Waals surface area contributed by atoms with Crippen molar-refractivity contribution in [3.05, 3.63) is 51.5 Å². The summed E-state index contributed by atoms with van der Waals surface area (Å²) < 4.78 is 4.98. The highest BCUT2D eigenvalue weighted by atomic mass is 35.5. The maximum absolute atomic E-state index is 12.3. The zero-order valence-electron chi connectivity index (χ0n) is 13.6.